The smallest absolute Gasteiger partial charge is 0.338 e. The van der Waals surface area contributed by atoms with E-state index in [1.807, 2.05) is 12.1 Å². The number of anilines is 1. The molecule has 1 atom stereocenters. The monoisotopic (exact) mass is 294 g/mol. The summed E-state index contributed by atoms with van der Waals surface area (Å²) in [5.41, 5.74) is 1.47. The highest BCUT2D eigenvalue weighted by molar-refractivity contribution is 5.89. The van der Waals surface area contributed by atoms with Crippen molar-refractivity contribution in [2.75, 3.05) is 31.6 Å². The van der Waals surface area contributed by atoms with Gasteiger partial charge in [-0.1, -0.05) is 13.8 Å². The fraction of sp³-hybridized carbons (Fsp3) is 0.562. The number of benzene rings is 1. The number of aliphatic hydroxyl groups is 1. The van der Waals surface area contributed by atoms with Crippen LogP contribution < -0.4 is 10.6 Å². The molecule has 3 N–H and O–H groups in total. The number of rotatable bonds is 10. The van der Waals surface area contributed by atoms with Crippen LogP contribution in [0.3, 0.4) is 0 Å². The van der Waals surface area contributed by atoms with Crippen molar-refractivity contribution < 1.29 is 14.6 Å². The van der Waals surface area contributed by atoms with Crippen LogP contribution in [0.2, 0.25) is 0 Å². The molecular formula is C16H26N2O3. The fourth-order valence-corrected chi connectivity index (χ4v) is 1.75. The normalized spacial score (nSPS) is 12.0. The lowest BCUT2D eigenvalue weighted by atomic mass is 10.2. The summed E-state index contributed by atoms with van der Waals surface area (Å²) < 4.78 is 5.09. The molecule has 0 aliphatic heterocycles. The molecule has 0 radical (unpaired) electrons. The van der Waals surface area contributed by atoms with Gasteiger partial charge in [0.05, 0.1) is 5.56 Å². The molecule has 1 aromatic rings. The highest BCUT2D eigenvalue weighted by Crippen LogP contribution is 2.10. The first-order valence-electron chi connectivity index (χ1n) is 7.57. The summed E-state index contributed by atoms with van der Waals surface area (Å²) in [4.78, 5) is 11.8. The van der Waals surface area contributed by atoms with Gasteiger partial charge in [0, 0.05) is 18.8 Å². The molecule has 5 heteroatoms. The van der Waals surface area contributed by atoms with Gasteiger partial charge in [0.1, 0.15) is 12.7 Å². The van der Waals surface area contributed by atoms with Crippen molar-refractivity contribution in [2.24, 2.45) is 0 Å². The Morgan fingerprint density at radius 2 is 1.86 bits per heavy atom. The molecule has 1 rings (SSSR count). The molecule has 0 saturated heterocycles. The molecule has 0 aliphatic carbocycles. The van der Waals surface area contributed by atoms with Crippen molar-refractivity contribution in [3.05, 3.63) is 29.8 Å². The largest absolute Gasteiger partial charge is 0.459 e. The van der Waals surface area contributed by atoms with Crippen LogP contribution in [0.1, 0.15) is 37.0 Å². The van der Waals surface area contributed by atoms with E-state index in [0.717, 1.165) is 31.6 Å². The van der Waals surface area contributed by atoms with Crippen molar-refractivity contribution in [1.29, 1.82) is 0 Å². The molecule has 1 unspecified atom stereocenters. The first kappa shape index (κ1) is 17.5. The van der Waals surface area contributed by atoms with Crippen LogP contribution in [0, 0.1) is 0 Å². The summed E-state index contributed by atoms with van der Waals surface area (Å²) in [5.74, 6) is -0.411. The minimum absolute atomic E-state index is 0.00534. The molecule has 0 aromatic heterocycles. The van der Waals surface area contributed by atoms with E-state index >= 15 is 0 Å². The molecule has 0 spiro atoms. The third-order valence-electron chi connectivity index (χ3n) is 2.91. The van der Waals surface area contributed by atoms with Gasteiger partial charge in [-0.15, -0.1) is 0 Å². The molecule has 0 saturated carbocycles. The SMILES string of the molecule is CCCNCC(O)COC(=O)c1ccc(NCCC)cc1. The maximum Gasteiger partial charge on any atom is 0.338 e. The quantitative estimate of drug-likeness (QED) is 0.455. The molecule has 5 nitrogen and oxygen atoms in total. The van der Waals surface area contributed by atoms with E-state index < -0.39 is 12.1 Å². The van der Waals surface area contributed by atoms with E-state index in [2.05, 4.69) is 24.5 Å². The van der Waals surface area contributed by atoms with E-state index in [9.17, 15) is 9.90 Å². The lowest BCUT2D eigenvalue weighted by Crippen LogP contribution is -2.31. The van der Waals surface area contributed by atoms with E-state index in [4.69, 9.17) is 4.74 Å². The minimum atomic E-state index is -0.675. The third kappa shape index (κ3) is 7.11. The zero-order valence-electron chi connectivity index (χ0n) is 12.9. The number of ether oxygens (including phenoxy) is 1. The zero-order valence-corrected chi connectivity index (χ0v) is 12.9. The van der Waals surface area contributed by atoms with Crippen LogP contribution in [0.4, 0.5) is 5.69 Å². The van der Waals surface area contributed by atoms with Crippen molar-refractivity contribution in [1.82, 2.24) is 5.32 Å². The average Bonchev–Trinajstić information content (AvgIpc) is 2.51. The summed E-state index contributed by atoms with van der Waals surface area (Å²) >= 11 is 0. The van der Waals surface area contributed by atoms with Gasteiger partial charge in [-0.2, -0.15) is 0 Å². The lowest BCUT2D eigenvalue weighted by molar-refractivity contribution is 0.0260. The van der Waals surface area contributed by atoms with Crippen molar-refractivity contribution >= 4 is 11.7 Å². The van der Waals surface area contributed by atoms with Crippen LogP contribution in [0.25, 0.3) is 0 Å². The van der Waals surface area contributed by atoms with E-state index in [1.54, 1.807) is 12.1 Å². The Morgan fingerprint density at radius 1 is 1.19 bits per heavy atom. The molecule has 0 heterocycles. The second-order valence-electron chi connectivity index (χ2n) is 4.96. The van der Waals surface area contributed by atoms with Crippen LogP contribution in [0.15, 0.2) is 24.3 Å². The maximum atomic E-state index is 11.8. The van der Waals surface area contributed by atoms with Crippen LogP contribution in [0.5, 0.6) is 0 Å². The Kier molecular flexibility index (Phi) is 8.47. The third-order valence-corrected chi connectivity index (χ3v) is 2.91. The van der Waals surface area contributed by atoms with Crippen molar-refractivity contribution in [3.63, 3.8) is 0 Å². The Labute approximate surface area is 126 Å². The van der Waals surface area contributed by atoms with Crippen molar-refractivity contribution in [2.45, 2.75) is 32.8 Å². The Balaban J connectivity index is 2.34. The topological polar surface area (TPSA) is 70.6 Å². The molecule has 0 amide bonds. The van der Waals surface area contributed by atoms with Gasteiger partial charge in [-0.25, -0.2) is 4.79 Å². The van der Waals surface area contributed by atoms with Gasteiger partial charge < -0.3 is 20.5 Å². The summed E-state index contributed by atoms with van der Waals surface area (Å²) in [5, 5.41) is 16.0. The number of carbonyl (C=O) groups is 1. The summed E-state index contributed by atoms with van der Waals surface area (Å²) in [6, 6.07) is 7.15. The van der Waals surface area contributed by atoms with Gasteiger partial charge in [0.2, 0.25) is 0 Å². The van der Waals surface area contributed by atoms with E-state index in [1.165, 1.54) is 0 Å². The van der Waals surface area contributed by atoms with Gasteiger partial charge in [0.15, 0.2) is 0 Å². The summed E-state index contributed by atoms with van der Waals surface area (Å²) in [6.07, 6.45) is 1.38. The van der Waals surface area contributed by atoms with E-state index in [0.29, 0.717) is 12.1 Å². The predicted octanol–water partition coefficient (Wildman–Crippen LogP) is 2.03. The van der Waals surface area contributed by atoms with Gasteiger partial charge in [-0.3, -0.25) is 0 Å². The first-order valence-corrected chi connectivity index (χ1v) is 7.57. The number of esters is 1. The second kappa shape index (κ2) is 10.2. The Bertz CT molecular complexity index is 406. The van der Waals surface area contributed by atoms with Gasteiger partial charge >= 0.3 is 5.97 Å². The number of hydrogen-bond acceptors (Lipinski definition) is 5. The number of carbonyl (C=O) groups excluding carboxylic acids is 1. The lowest BCUT2D eigenvalue weighted by Gasteiger charge is -2.12. The number of hydrogen-bond donors (Lipinski definition) is 3. The Hall–Kier alpha value is -1.59. The average molecular weight is 294 g/mol. The van der Waals surface area contributed by atoms with Crippen LogP contribution in [-0.4, -0.2) is 43.4 Å². The van der Waals surface area contributed by atoms with Crippen LogP contribution >= 0.6 is 0 Å². The summed E-state index contributed by atoms with van der Waals surface area (Å²) in [6.45, 7) is 6.34. The molecule has 0 aliphatic rings. The number of aliphatic hydroxyl groups excluding tert-OH is 1. The predicted molar refractivity (Wildman–Crippen MR) is 84.7 cm³/mol. The first-order chi connectivity index (χ1) is 10.2. The highest BCUT2D eigenvalue weighted by Gasteiger charge is 2.10. The molecule has 118 valence electrons. The van der Waals surface area contributed by atoms with Gasteiger partial charge in [-0.05, 0) is 43.7 Å². The van der Waals surface area contributed by atoms with Crippen molar-refractivity contribution in [3.8, 4) is 0 Å². The second-order valence-corrected chi connectivity index (χ2v) is 4.96. The summed E-state index contributed by atoms with van der Waals surface area (Å²) in [7, 11) is 0. The molecular weight excluding hydrogens is 268 g/mol. The van der Waals surface area contributed by atoms with Gasteiger partial charge in [0.25, 0.3) is 0 Å². The molecule has 1 aromatic carbocycles. The minimum Gasteiger partial charge on any atom is -0.459 e. The fourth-order valence-electron chi connectivity index (χ4n) is 1.75. The zero-order chi connectivity index (χ0) is 15.5. The molecule has 0 fully saturated rings. The molecule has 21 heavy (non-hydrogen) atoms. The standard InChI is InChI=1S/C16H26N2O3/c1-3-9-17-11-15(19)12-21-16(20)13-5-7-14(8-6-13)18-10-4-2/h5-8,15,17-19H,3-4,9-12H2,1-2H3. The van der Waals surface area contributed by atoms with Crippen LogP contribution in [-0.2, 0) is 4.74 Å². The Morgan fingerprint density at radius 3 is 2.48 bits per heavy atom. The highest BCUT2D eigenvalue weighted by atomic mass is 16.5. The molecule has 0 bridgehead atoms. The van der Waals surface area contributed by atoms with E-state index in [-0.39, 0.29) is 6.61 Å². The maximum absolute atomic E-state index is 11.8. The number of nitrogens with one attached hydrogen (secondary N) is 2.